The van der Waals surface area contributed by atoms with Crippen LogP contribution in [-0.2, 0) is 20.9 Å². The van der Waals surface area contributed by atoms with Crippen molar-refractivity contribution in [3.8, 4) is 5.75 Å². The molecule has 3 aliphatic heterocycles. The number of hydrogen-bond donors (Lipinski definition) is 2. The molecule has 2 aromatic rings. The van der Waals surface area contributed by atoms with Crippen LogP contribution < -0.4 is 10.2 Å². The van der Waals surface area contributed by atoms with Gasteiger partial charge in [-0.15, -0.1) is 0 Å². The van der Waals surface area contributed by atoms with Crippen LogP contribution in [0.15, 0.2) is 34.1 Å². The Hall–Kier alpha value is -2.59. The van der Waals surface area contributed by atoms with Gasteiger partial charge in [0.25, 0.3) is 0 Å². The average Bonchev–Trinajstić information content (AvgIpc) is 3.23. The maximum absolute atomic E-state index is 12.9. The van der Waals surface area contributed by atoms with Gasteiger partial charge < -0.3 is 10.0 Å². The van der Waals surface area contributed by atoms with Crippen LogP contribution in [0, 0.1) is 5.92 Å². The number of nitrogens with zero attached hydrogens (tertiary/aromatic N) is 2. The smallest absolute Gasteiger partial charge is 0.308 e. The van der Waals surface area contributed by atoms with E-state index in [4.69, 9.17) is 0 Å². The third-order valence-corrected chi connectivity index (χ3v) is 8.78. The van der Waals surface area contributed by atoms with E-state index < -0.39 is 28.9 Å². The number of carbonyl (C=O) groups excluding carboxylic acids is 3. The van der Waals surface area contributed by atoms with Crippen LogP contribution in [0.25, 0.3) is 0 Å². The third kappa shape index (κ3) is 3.38. The molecular formula is C21H21N3O5S2. The Kier molecular flexibility index (Phi) is 5.13. The minimum atomic E-state index is -0.720. The van der Waals surface area contributed by atoms with Gasteiger partial charge in [0, 0.05) is 29.4 Å². The second kappa shape index (κ2) is 7.83. The zero-order chi connectivity index (χ0) is 21.7. The minimum absolute atomic E-state index is 0.00745. The lowest BCUT2D eigenvalue weighted by atomic mass is 9.82. The van der Waals surface area contributed by atoms with E-state index in [0.717, 1.165) is 30.6 Å². The van der Waals surface area contributed by atoms with Gasteiger partial charge in [-0.1, -0.05) is 41.3 Å². The van der Waals surface area contributed by atoms with Gasteiger partial charge in [0.2, 0.25) is 17.7 Å². The number of thioether (sulfide) groups is 1. The monoisotopic (exact) mass is 459 g/mol. The predicted octanol–water partition coefficient (Wildman–Crippen LogP) is 1.51. The summed E-state index contributed by atoms with van der Waals surface area (Å²) in [6, 6.07) is 6.67. The number of hydrogen-bond acceptors (Lipinski definition) is 7. The summed E-state index contributed by atoms with van der Waals surface area (Å²) in [6.45, 7) is 1.29. The van der Waals surface area contributed by atoms with E-state index in [1.807, 2.05) is 0 Å². The fourth-order valence-electron chi connectivity index (χ4n) is 4.64. The number of phenolic OH excluding ortho intramolecular Hbond substituents is 1. The molecule has 5 rings (SSSR count). The van der Waals surface area contributed by atoms with Crippen LogP contribution in [0.2, 0.25) is 0 Å². The molecule has 0 unspecified atom stereocenters. The van der Waals surface area contributed by atoms with Gasteiger partial charge in [-0.2, -0.15) is 0 Å². The van der Waals surface area contributed by atoms with Gasteiger partial charge >= 0.3 is 4.87 Å². The van der Waals surface area contributed by atoms with Crippen LogP contribution in [-0.4, -0.2) is 50.6 Å². The second-order valence-electron chi connectivity index (χ2n) is 8.02. The first-order valence-electron chi connectivity index (χ1n) is 10.3. The molecule has 0 saturated carbocycles. The Morgan fingerprint density at radius 1 is 1.10 bits per heavy atom. The van der Waals surface area contributed by atoms with Crippen LogP contribution >= 0.6 is 23.1 Å². The molecule has 1 aromatic heterocycles. The fourth-order valence-corrected chi connectivity index (χ4v) is 7.37. The summed E-state index contributed by atoms with van der Waals surface area (Å²) in [5.41, 5.74) is 0.500. The molecule has 3 atom stereocenters. The summed E-state index contributed by atoms with van der Waals surface area (Å²) in [4.78, 5) is 53.0. The van der Waals surface area contributed by atoms with Crippen LogP contribution in [0.5, 0.6) is 5.75 Å². The number of phenols is 1. The second-order valence-corrected chi connectivity index (χ2v) is 10.1. The van der Waals surface area contributed by atoms with Gasteiger partial charge in [-0.05, 0) is 25.3 Å². The van der Waals surface area contributed by atoms with E-state index in [1.165, 1.54) is 22.4 Å². The summed E-state index contributed by atoms with van der Waals surface area (Å²) in [5.74, 6) is -2.26. The average molecular weight is 460 g/mol. The van der Waals surface area contributed by atoms with Crippen molar-refractivity contribution >= 4 is 40.8 Å². The van der Waals surface area contributed by atoms with Crippen LogP contribution in [0.3, 0.4) is 0 Å². The number of carbonyl (C=O) groups is 3. The van der Waals surface area contributed by atoms with Crippen molar-refractivity contribution < 1.29 is 19.5 Å². The summed E-state index contributed by atoms with van der Waals surface area (Å²) >= 11 is 2.15. The molecule has 3 aliphatic rings. The largest absolute Gasteiger partial charge is 0.508 e. The molecule has 0 bridgehead atoms. The highest BCUT2D eigenvalue weighted by Crippen LogP contribution is 2.52. The van der Waals surface area contributed by atoms with Crippen LogP contribution in [0.1, 0.15) is 35.6 Å². The number of piperidine rings is 1. The molecule has 2 fully saturated rings. The normalized spacial score (nSPS) is 25.2. The van der Waals surface area contributed by atoms with Gasteiger partial charge in [0.1, 0.15) is 17.5 Å². The number of fused-ring (bicyclic) bond motifs is 2. The van der Waals surface area contributed by atoms with Crippen molar-refractivity contribution in [2.45, 2.75) is 42.0 Å². The summed E-state index contributed by atoms with van der Waals surface area (Å²) in [7, 11) is 0. The molecule has 2 saturated heterocycles. The van der Waals surface area contributed by atoms with Gasteiger partial charge in [0.15, 0.2) is 0 Å². The highest BCUT2D eigenvalue weighted by molar-refractivity contribution is 8.00. The maximum Gasteiger partial charge on any atom is 0.308 e. The molecule has 10 heteroatoms. The van der Waals surface area contributed by atoms with E-state index in [1.54, 1.807) is 23.1 Å². The lowest BCUT2D eigenvalue weighted by Crippen LogP contribution is -2.39. The number of thiazole rings is 1. The first kappa shape index (κ1) is 20.3. The van der Waals surface area contributed by atoms with Gasteiger partial charge in [0.05, 0.1) is 10.9 Å². The molecule has 3 amide bonds. The number of amides is 3. The molecule has 1 aromatic carbocycles. The van der Waals surface area contributed by atoms with Crippen molar-refractivity contribution in [1.82, 2.24) is 14.8 Å². The quantitative estimate of drug-likeness (QED) is 0.674. The summed E-state index contributed by atoms with van der Waals surface area (Å²) in [5, 5.41) is 12.7. The molecule has 162 valence electrons. The molecule has 0 radical (unpaired) electrons. The number of benzene rings is 1. The zero-order valence-corrected chi connectivity index (χ0v) is 18.2. The van der Waals surface area contributed by atoms with Crippen molar-refractivity contribution in [2.75, 3.05) is 13.1 Å². The lowest BCUT2D eigenvalue weighted by Gasteiger charge is -2.31. The minimum Gasteiger partial charge on any atom is -0.508 e. The highest BCUT2D eigenvalue weighted by Gasteiger charge is 2.53. The fraction of sp³-hybridized carbons (Fsp3) is 0.429. The molecule has 8 nitrogen and oxygen atoms in total. The first-order chi connectivity index (χ1) is 15.0. The number of para-hydroxylation sites is 1. The predicted molar refractivity (Wildman–Crippen MR) is 115 cm³/mol. The Morgan fingerprint density at radius 3 is 2.58 bits per heavy atom. The maximum atomic E-state index is 12.9. The molecule has 0 spiro atoms. The van der Waals surface area contributed by atoms with E-state index in [-0.39, 0.29) is 23.1 Å². The first-order valence-corrected chi connectivity index (χ1v) is 12.0. The zero-order valence-electron chi connectivity index (χ0n) is 16.6. The Bertz CT molecular complexity index is 1130. The SMILES string of the molecule is O=C1NC(=O)[C@H]2Sc3c(sc(=O)n3CC(=O)N3CCCCC3)[C@@H](c3ccccc3O)[C@@H]12. The van der Waals surface area contributed by atoms with E-state index in [9.17, 15) is 24.3 Å². The van der Waals surface area contributed by atoms with Gasteiger partial charge in [-0.3, -0.25) is 29.1 Å². The highest BCUT2D eigenvalue weighted by atomic mass is 32.2. The third-order valence-electron chi connectivity index (χ3n) is 6.16. The van der Waals surface area contributed by atoms with E-state index >= 15 is 0 Å². The van der Waals surface area contributed by atoms with Crippen LogP contribution in [0.4, 0.5) is 0 Å². The Balaban J connectivity index is 1.59. The molecule has 4 heterocycles. The number of imide groups is 1. The molecule has 2 N–H and O–H groups in total. The number of rotatable bonds is 3. The van der Waals surface area contributed by atoms with Crippen molar-refractivity contribution in [2.24, 2.45) is 5.92 Å². The van der Waals surface area contributed by atoms with Crippen molar-refractivity contribution in [3.05, 3.63) is 44.4 Å². The van der Waals surface area contributed by atoms with E-state index in [0.29, 0.717) is 28.6 Å². The number of likely N-dealkylation sites (tertiary alicyclic amines) is 1. The number of aromatic nitrogens is 1. The Morgan fingerprint density at radius 2 is 1.84 bits per heavy atom. The Labute approximate surface area is 186 Å². The molecule has 31 heavy (non-hydrogen) atoms. The van der Waals surface area contributed by atoms with Gasteiger partial charge in [-0.25, -0.2) is 0 Å². The standard InChI is InChI=1S/C21H21N3O5S2/c25-12-7-3-2-6-11(12)14-15-16(19(28)22-18(15)27)30-20-17(14)31-21(29)24(20)10-13(26)23-8-4-1-5-9-23/h2-3,6-7,14-16,25H,1,4-5,8-10H2,(H,22,27,28)/t14-,15+,16-/m0/s1. The van der Waals surface area contributed by atoms with Crippen molar-refractivity contribution in [3.63, 3.8) is 0 Å². The van der Waals surface area contributed by atoms with Crippen molar-refractivity contribution in [1.29, 1.82) is 0 Å². The number of aromatic hydroxyl groups is 1. The number of nitrogens with one attached hydrogen (secondary N) is 1. The molecule has 0 aliphatic carbocycles. The van der Waals surface area contributed by atoms with E-state index in [2.05, 4.69) is 5.32 Å². The topological polar surface area (TPSA) is 109 Å². The summed E-state index contributed by atoms with van der Waals surface area (Å²) < 4.78 is 1.43. The summed E-state index contributed by atoms with van der Waals surface area (Å²) in [6.07, 6.45) is 3.01. The lowest BCUT2D eigenvalue weighted by molar-refractivity contribution is -0.133. The molecular weight excluding hydrogens is 438 g/mol.